The van der Waals surface area contributed by atoms with Gasteiger partial charge in [0.1, 0.15) is 5.52 Å². The van der Waals surface area contributed by atoms with Crippen LogP contribution in [0.15, 0.2) is 29.1 Å². The number of fused-ring (bicyclic) bond motifs is 1. The van der Waals surface area contributed by atoms with E-state index < -0.39 is 0 Å². The lowest BCUT2D eigenvalue weighted by Gasteiger charge is -2.33. The molecule has 0 bridgehead atoms. The highest BCUT2D eigenvalue weighted by atomic mass is 16.2. The Bertz CT molecular complexity index is 778. The first-order chi connectivity index (χ1) is 11.6. The van der Waals surface area contributed by atoms with E-state index in [2.05, 4.69) is 24.2 Å². The second-order valence-corrected chi connectivity index (χ2v) is 6.72. The topological polar surface area (TPSA) is 68.1 Å². The molecule has 24 heavy (non-hydrogen) atoms. The number of hydrogen-bond donors (Lipinski definition) is 0. The van der Waals surface area contributed by atoms with Gasteiger partial charge >= 0.3 is 0 Å². The molecule has 1 aliphatic rings. The highest BCUT2D eigenvalue weighted by Gasteiger charge is 2.28. The van der Waals surface area contributed by atoms with E-state index in [1.807, 2.05) is 17.0 Å². The zero-order valence-electron chi connectivity index (χ0n) is 14.3. The van der Waals surface area contributed by atoms with Crippen molar-refractivity contribution in [3.63, 3.8) is 0 Å². The quantitative estimate of drug-likeness (QED) is 0.845. The van der Waals surface area contributed by atoms with Gasteiger partial charge in [-0.2, -0.15) is 0 Å². The second kappa shape index (κ2) is 7.11. The summed E-state index contributed by atoms with van der Waals surface area (Å²) in [5.74, 6) is 0.0961. The Morgan fingerprint density at radius 1 is 1.29 bits per heavy atom. The van der Waals surface area contributed by atoms with Gasteiger partial charge in [-0.3, -0.25) is 9.59 Å². The van der Waals surface area contributed by atoms with Crippen LogP contribution in [0.5, 0.6) is 0 Å². The number of carbonyl (C=O) groups is 1. The Morgan fingerprint density at radius 2 is 2.00 bits per heavy atom. The Morgan fingerprint density at radius 3 is 2.71 bits per heavy atom. The lowest BCUT2D eigenvalue weighted by Crippen LogP contribution is -2.44. The molecule has 1 heterocycles. The van der Waals surface area contributed by atoms with Crippen molar-refractivity contribution in [2.45, 2.75) is 64.6 Å². The van der Waals surface area contributed by atoms with Crippen LogP contribution in [0.3, 0.4) is 0 Å². The standard InChI is InChI=1S/C18H24N4O2/c1-13(2)22(14-7-3-4-8-14)17(23)11-12-21-18(24)15-9-5-6-10-16(15)19-20-21/h5-6,9-10,13-14H,3-4,7-8,11-12H2,1-2H3. The van der Waals surface area contributed by atoms with E-state index in [-0.39, 0.29) is 30.5 Å². The summed E-state index contributed by atoms with van der Waals surface area (Å²) in [7, 11) is 0. The molecule has 0 atom stereocenters. The Kier molecular flexibility index (Phi) is 4.92. The van der Waals surface area contributed by atoms with Crippen LogP contribution in [-0.2, 0) is 11.3 Å². The molecule has 6 heteroatoms. The van der Waals surface area contributed by atoms with Gasteiger partial charge in [0.15, 0.2) is 0 Å². The maximum Gasteiger partial charge on any atom is 0.277 e. The minimum absolute atomic E-state index is 0.0961. The maximum atomic E-state index is 12.7. The first-order valence-corrected chi connectivity index (χ1v) is 8.71. The van der Waals surface area contributed by atoms with Gasteiger partial charge in [-0.25, -0.2) is 4.68 Å². The van der Waals surface area contributed by atoms with Gasteiger partial charge in [0, 0.05) is 18.5 Å². The summed E-state index contributed by atoms with van der Waals surface area (Å²) in [5.41, 5.74) is 0.394. The zero-order chi connectivity index (χ0) is 17.1. The van der Waals surface area contributed by atoms with E-state index in [4.69, 9.17) is 0 Å². The third kappa shape index (κ3) is 3.32. The Labute approximate surface area is 141 Å². The summed E-state index contributed by atoms with van der Waals surface area (Å²) in [6.45, 7) is 4.38. The van der Waals surface area contributed by atoms with E-state index in [1.165, 1.54) is 17.5 Å². The van der Waals surface area contributed by atoms with Crippen LogP contribution in [0, 0.1) is 0 Å². The largest absolute Gasteiger partial charge is 0.337 e. The number of aromatic nitrogens is 3. The number of nitrogens with zero attached hydrogens (tertiary/aromatic N) is 4. The van der Waals surface area contributed by atoms with Crippen LogP contribution in [0.2, 0.25) is 0 Å². The van der Waals surface area contributed by atoms with Crippen molar-refractivity contribution in [1.29, 1.82) is 0 Å². The molecule has 1 saturated carbocycles. The molecule has 1 fully saturated rings. The molecule has 2 aromatic rings. The van der Waals surface area contributed by atoms with Gasteiger partial charge in [-0.05, 0) is 38.8 Å². The van der Waals surface area contributed by atoms with Gasteiger partial charge in [-0.1, -0.05) is 30.2 Å². The van der Waals surface area contributed by atoms with Crippen LogP contribution in [0.4, 0.5) is 0 Å². The van der Waals surface area contributed by atoms with Crippen molar-refractivity contribution in [2.75, 3.05) is 0 Å². The highest BCUT2D eigenvalue weighted by molar-refractivity contribution is 5.77. The van der Waals surface area contributed by atoms with Gasteiger partial charge in [0.2, 0.25) is 5.91 Å². The Hall–Kier alpha value is -2.24. The molecule has 3 rings (SSSR count). The fourth-order valence-corrected chi connectivity index (χ4v) is 3.60. The number of aryl methyl sites for hydroxylation is 1. The van der Waals surface area contributed by atoms with Gasteiger partial charge < -0.3 is 4.90 Å². The zero-order valence-corrected chi connectivity index (χ0v) is 14.3. The van der Waals surface area contributed by atoms with Crippen LogP contribution in [-0.4, -0.2) is 37.9 Å². The summed E-state index contributed by atoms with van der Waals surface area (Å²) in [6, 6.07) is 7.66. The molecule has 0 saturated heterocycles. The molecule has 0 radical (unpaired) electrons. The monoisotopic (exact) mass is 328 g/mol. The van der Waals surface area contributed by atoms with Gasteiger partial charge in [0.05, 0.1) is 11.9 Å². The van der Waals surface area contributed by atoms with Crippen LogP contribution >= 0.6 is 0 Å². The van der Waals surface area contributed by atoms with Crippen LogP contribution in [0.1, 0.15) is 46.0 Å². The number of amides is 1. The summed E-state index contributed by atoms with van der Waals surface area (Å²) < 4.78 is 1.30. The van der Waals surface area contributed by atoms with Crippen molar-refractivity contribution >= 4 is 16.8 Å². The van der Waals surface area contributed by atoms with Crippen LogP contribution < -0.4 is 5.56 Å². The predicted octanol–water partition coefficient (Wildman–Crippen LogP) is 2.36. The van der Waals surface area contributed by atoms with E-state index in [1.54, 1.807) is 12.1 Å². The van der Waals surface area contributed by atoms with Crippen molar-refractivity contribution in [2.24, 2.45) is 0 Å². The van der Waals surface area contributed by atoms with E-state index >= 15 is 0 Å². The third-order valence-corrected chi connectivity index (χ3v) is 4.73. The summed E-state index contributed by atoms with van der Waals surface area (Å²) in [5, 5.41) is 8.57. The molecule has 1 aliphatic carbocycles. The molecular weight excluding hydrogens is 304 g/mol. The van der Waals surface area contributed by atoms with Gasteiger partial charge in [0.25, 0.3) is 5.56 Å². The summed E-state index contributed by atoms with van der Waals surface area (Å²) in [4.78, 5) is 27.1. The van der Waals surface area contributed by atoms with Crippen molar-refractivity contribution in [3.05, 3.63) is 34.6 Å². The molecular formula is C18H24N4O2. The lowest BCUT2D eigenvalue weighted by atomic mass is 10.1. The fraction of sp³-hybridized carbons (Fsp3) is 0.556. The van der Waals surface area contributed by atoms with Crippen molar-refractivity contribution < 1.29 is 4.79 Å². The number of carbonyl (C=O) groups excluding carboxylic acids is 1. The third-order valence-electron chi connectivity index (χ3n) is 4.73. The predicted molar refractivity (Wildman–Crippen MR) is 92.7 cm³/mol. The van der Waals surface area contributed by atoms with Gasteiger partial charge in [-0.15, -0.1) is 5.10 Å². The lowest BCUT2D eigenvalue weighted by molar-refractivity contribution is -0.135. The summed E-state index contributed by atoms with van der Waals surface area (Å²) >= 11 is 0. The van der Waals surface area contributed by atoms with Crippen LogP contribution in [0.25, 0.3) is 10.9 Å². The minimum atomic E-state index is -0.189. The molecule has 0 aliphatic heterocycles. The average molecular weight is 328 g/mol. The van der Waals surface area contributed by atoms with Crippen molar-refractivity contribution in [1.82, 2.24) is 19.9 Å². The van der Waals surface area contributed by atoms with Crippen molar-refractivity contribution in [3.8, 4) is 0 Å². The minimum Gasteiger partial charge on any atom is -0.337 e. The molecule has 1 aromatic carbocycles. The number of rotatable bonds is 5. The fourth-order valence-electron chi connectivity index (χ4n) is 3.60. The SMILES string of the molecule is CC(C)N(C(=O)CCn1nnc2ccccc2c1=O)C1CCCC1. The molecule has 1 aromatic heterocycles. The van der Waals surface area contributed by atoms with E-state index in [0.29, 0.717) is 16.9 Å². The maximum absolute atomic E-state index is 12.7. The van der Waals surface area contributed by atoms with E-state index in [0.717, 1.165) is 12.8 Å². The molecule has 1 amide bonds. The second-order valence-electron chi connectivity index (χ2n) is 6.72. The Balaban J connectivity index is 1.73. The smallest absolute Gasteiger partial charge is 0.277 e. The first-order valence-electron chi connectivity index (χ1n) is 8.71. The van der Waals surface area contributed by atoms with E-state index in [9.17, 15) is 9.59 Å². The average Bonchev–Trinajstić information content (AvgIpc) is 3.08. The number of benzene rings is 1. The molecule has 6 nitrogen and oxygen atoms in total. The molecule has 0 spiro atoms. The molecule has 128 valence electrons. The molecule has 0 unspecified atom stereocenters. The highest BCUT2D eigenvalue weighted by Crippen LogP contribution is 2.25. The first kappa shape index (κ1) is 16.6. The normalized spacial score (nSPS) is 15.3. The number of hydrogen-bond acceptors (Lipinski definition) is 4. The summed E-state index contributed by atoms with van der Waals surface area (Å²) in [6.07, 6.45) is 4.83. The molecule has 0 N–H and O–H groups in total.